The molecule has 0 spiro atoms. The van der Waals surface area contributed by atoms with Gasteiger partial charge in [-0.05, 0) is 38.3 Å². The van der Waals surface area contributed by atoms with Crippen molar-refractivity contribution in [2.24, 2.45) is 0 Å². The van der Waals surface area contributed by atoms with E-state index in [9.17, 15) is 4.79 Å². The van der Waals surface area contributed by atoms with Gasteiger partial charge in [-0.15, -0.1) is 0 Å². The third-order valence-electron chi connectivity index (χ3n) is 4.99. The summed E-state index contributed by atoms with van der Waals surface area (Å²) in [5.41, 5.74) is 3.63. The highest BCUT2D eigenvalue weighted by Crippen LogP contribution is 2.17. The highest BCUT2D eigenvalue weighted by molar-refractivity contribution is 5.92. The predicted molar refractivity (Wildman–Crippen MR) is 113 cm³/mol. The van der Waals surface area contributed by atoms with Gasteiger partial charge in [0.05, 0.1) is 12.2 Å². The summed E-state index contributed by atoms with van der Waals surface area (Å²) in [5.74, 6) is -0.389. The fourth-order valence-corrected chi connectivity index (χ4v) is 3.57. The normalized spacial score (nSPS) is 11.0. The SMILES string of the molecule is [CH2]CCCCCCCCCCCCCOOC(=O)c1c(C)cc(C)cc1C. The van der Waals surface area contributed by atoms with Crippen molar-refractivity contribution >= 4 is 5.97 Å². The van der Waals surface area contributed by atoms with Crippen molar-refractivity contribution in [2.75, 3.05) is 6.61 Å². The van der Waals surface area contributed by atoms with E-state index in [0.717, 1.165) is 36.0 Å². The van der Waals surface area contributed by atoms with Crippen LogP contribution in [0.1, 0.15) is 104 Å². The molecule has 0 saturated heterocycles. The fraction of sp³-hybridized carbons (Fsp3) is 0.667. The van der Waals surface area contributed by atoms with Crippen LogP contribution in [0, 0.1) is 27.7 Å². The van der Waals surface area contributed by atoms with Gasteiger partial charge in [-0.25, -0.2) is 4.79 Å². The molecule has 3 nitrogen and oxygen atoms in total. The number of carbonyl (C=O) groups excluding carboxylic acids is 1. The zero-order valence-corrected chi connectivity index (χ0v) is 17.8. The first-order valence-electron chi connectivity index (χ1n) is 10.8. The molecule has 1 aromatic rings. The molecule has 0 bridgehead atoms. The second-order valence-electron chi connectivity index (χ2n) is 7.71. The van der Waals surface area contributed by atoms with Crippen molar-refractivity contribution in [3.63, 3.8) is 0 Å². The number of rotatable bonds is 15. The standard InChI is InChI=1S/C24H39O3/c1-5-6-7-8-9-10-11-12-13-14-15-16-17-26-27-24(25)23-21(3)18-20(2)19-22(23)4/h18-19H,1,5-17H2,2-4H3. The maximum Gasteiger partial charge on any atom is 0.373 e. The van der Waals surface area contributed by atoms with Crippen molar-refractivity contribution < 1.29 is 14.6 Å². The summed E-state index contributed by atoms with van der Waals surface area (Å²) >= 11 is 0. The van der Waals surface area contributed by atoms with E-state index in [1.54, 1.807) is 0 Å². The van der Waals surface area contributed by atoms with Crippen LogP contribution in [0.3, 0.4) is 0 Å². The van der Waals surface area contributed by atoms with E-state index >= 15 is 0 Å². The average Bonchev–Trinajstić information content (AvgIpc) is 2.61. The molecule has 0 heterocycles. The Hall–Kier alpha value is -1.35. The summed E-state index contributed by atoms with van der Waals surface area (Å²) in [7, 11) is 0. The molecular formula is C24H39O3. The molecule has 0 aliphatic carbocycles. The Labute approximate surface area is 166 Å². The van der Waals surface area contributed by atoms with Gasteiger partial charge in [-0.2, -0.15) is 4.89 Å². The van der Waals surface area contributed by atoms with Crippen molar-refractivity contribution in [3.8, 4) is 0 Å². The number of carbonyl (C=O) groups is 1. The molecule has 153 valence electrons. The van der Waals surface area contributed by atoms with Gasteiger partial charge in [0.2, 0.25) is 0 Å². The Morgan fingerprint density at radius 3 is 1.70 bits per heavy atom. The van der Waals surface area contributed by atoms with Gasteiger partial charge in [0.15, 0.2) is 0 Å². The van der Waals surface area contributed by atoms with Crippen LogP contribution in [-0.4, -0.2) is 12.6 Å². The first-order valence-corrected chi connectivity index (χ1v) is 10.8. The topological polar surface area (TPSA) is 35.5 Å². The Morgan fingerprint density at radius 1 is 0.778 bits per heavy atom. The van der Waals surface area contributed by atoms with Crippen molar-refractivity contribution in [1.82, 2.24) is 0 Å². The van der Waals surface area contributed by atoms with Crippen LogP contribution in [0.15, 0.2) is 12.1 Å². The van der Waals surface area contributed by atoms with Gasteiger partial charge in [0.25, 0.3) is 0 Å². The second kappa shape index (κ2) is 14.7. The monoisotopic (exact) mass is 375 g/mol. The van der Waals surface area contributed by atoms with Gasteiger partial charge in [0, 0.05) is 0 Å². The molecule has 1 radical (unpaired) electrons. The Bertz CT molecular complexity index is 513. The lowest BCUT2D eigenvalue weighted by Crippen LogP contribution is -2.10. The maximum atomic E-state index is 12.2. The first-order chi connectivity index (χ1) is 13.1. The third kappa shape index (κ3) is 10.5. The van der Waals surface area contributed by atoms with E-state index in [4.69, 9.17) is 9.78 Å². The zero-order valence-electron chi connectivity index (χ0n) is 17.8. The van der Waals surface area contributed by atoms with E-state index in [1.165, 1.54) is 57.8 Å². The highest BCUT2D eigenvalue weighted by Gasteiger charge is 2.15. The lowest BCUT2D eigenvalue weighted by Gasteiger charge is -2.10. The summed E-state index contributed by atoms with van der Waals surface area (Å²) < 4.78 is 0. The van der Waals surface area contributed by atoms with Gasteiger partial charge in [0.1, 0.15) is 0 Å². The Morgan fingerprint density at radius 2 is 1.22 bits per heavy atom. The van der Waals surface area contributed by atoms with E-state index in [2.05, 4.69) is 6.92 Å². The number of unbranched alkanes of at least 4 members (excludes halogenated alkanes) is 11. The molecule has 0 saturated carbocycles. The molecule has 0 fully saturated rings. The third-order valence-corrected chi connectivity index (χ3v) is 4.99. The molecule has 1 rings (SSSR count). The summed E-state index contributed by atoms with van der Waals surface area (Å²) in [6.07, 6.45) is 15.1. The largest absolute Gasteiger partial charge is 0.373 e. The first kappa shape index (κ1) is 23.7. The maximum absolute atomic E-state index is 12.2. The van der Waals surface area contributed by atoms with Crippen LogP contribution in [0.4, 0.5) is 0 Å². The van der Waals surface area contributed by atoms with Crippen molar-refractivity contribution in [2.45, 2.75) is 97.8 Å². The summed E-state index contributed by atoms with van der Waals surface area (Å²) in [5, 5.41) is 0. The molecule has 1 aromatic carbocycles. The minimum Gasteiger partial charge on any atom is -0.293 e. The molecule has 0 atom stereocenters. The van der Waals surface area contributed by atoms with Crippen LogP contribution in [0.2, 0.25) is 0 Å². The molecule has 27 heavy (non-hydrogen) atoms. The Balaban J connectivity index is 1.98. The molecular weight excluding hydrogens is 336 g/mol. The lowest BCUT2D eigenvalue weighted by molar-refractivity contribution is -0.241. The molecule has 0 N–H and O–H groups in total. The van der Waals surface area contributed by atoms with E-state index in [0.29, 0.717) is 12.2 Å². The van der Waals surface area contributed by atoms with Crippen molar-refractivity contribution in [1.29, 1.82) is 0 Å². The number of hydrogen-bond acceptors (Lipinski definition) is 3. The number of hydrogen-bond donors (Lipinski definition) is 0. The quantitative estimate of drug-likeness (QED) is 0.184. The minimum atomic E-state index is -0.389. The average molecular weight is 376 g/mol. The number of benzene rings is 1. The van der Waals surface area contributed by atoms with Gasteiger partial charge in [-0.1, -0.05) is 95.2 Å². The summed E-state index contributed by atoms with van der Waals surface area (Å²) in [6.45, 7) is 10.2. The number of aryl methyl sites for hydroxylation is 3. The predicted octanol–water partition coefficient (Wildman–Crippen LogP) is 7.22. The fourth-order valence-electron chi connectivity index (χ4n) is 3.57. The van der Waals surface area contributed by atoms with Gasteiger partial charge >= 0.3 is 5.97 Å². The summed E-state index contributed by atoms with van der Waals surface area (Å²) in [6, 6.07) is 3.98. The van der Waals surface area contributed by atoms with Crippen molar-refractivity contribution in [3.05, 3.63) is 41.3 Å². The molecule has 3 heteroatoms. The minimum absolute atomic E-state index is 0.389. The lowest BCUT2D eigenvalue weighted by atomic mass is 10.0. The molecule has 0 aliphatic rings. The van der Waals surface area contributed by atoms with Gasteiger partial charge < -0.3 is 0 Å². The zero-order chi connectivity index (χ0) is 19.9. The van der Waals surface area contributed by atoms with Crippen LogP contribution in [0.25, 0.3) is 0 Å². The van der Waals surface area contributed by atoms with Crippen LogP contribution in [0.5, 0.6) is 0 Å². The Kier molecular flexibility index (Phi) is 12.9. The highest BCUT2D eigenvalue weighted by atomic mass is 17.2. The van der Waals surface area contributed by atoms with Gasteiger partial charge in [-0.3, -0.25) is 4.89 Å². The summed E-state index contributed by atoms with van der Waals surface area (Å²) in [4.78, 5) is 22.3. The molecule has 0 aliphatic heterocycles. The van der Waals surface area contributed by atoms with Crippen LogP contribution < -0.4 is 0 Å². The molecule has 0 aromatic heterocycles. The molecule has 0 amide bonds. The molecule has 0 unspecified atom stereocenters. The van der Waals surface area contributed by atoms with Crippen LogP contribution >= 0.6 is 0 Å². The second-order valence-corrected chi connectivity index (χ2v) is 7.71. The van der Waals surface area contributed by atoms with E-state index in [-0.39, 0.29) is 5.97 Å². The smallest absolute Gasteiger partial charge is 0.293 e. The van der Waals surface area contributed by atoms with E-state index in [1.807, 2.05) is 32.9 Å². The van der Waals surface area contributed by atoms with Crippen LogP contribution in [-0.2, 0) is 9.78 Å². The van der Waals surface area contributed by atoms with E-state index < -0.39 is 0 Å².